The normalized spacial score (nSPS) is 14.6. The zero-order valence-corrected chi connectivity index (χ0v) is 15.7. The van der Waals surface area contributed by atoms with Gasteiger partial charge in [-0.2, -0.15) is 15.0 Å². The summed E-state index contributed by atoms with van der Waals surface area (Å²) in [7, 11) is 0. The number of benzene rings is 2. The largest absolute Gasteiger partial charge is 0.379 e. The maximum atomic E-state index is 5.40. The second-order valence-electron chi connectivity index (χ2n) is 6.54. The zero-order chi connectivity index (χ0) is 19.0. The Hall–Kier alpha value is -3.03. The molecule has 0 spiro atoms. The van der Waals surface area contributed by atoms with Crippen LogP contribution in [0, 0.1) is 0 Å². The van der Waals surface area contributed by atoms with Gasteiger partial charge in [0.05, 0.1) is 13.2 Å². The van der Waals surface area contributed by atoms with E-state index in [0.29, 0.717) is 17.7 Å². The lowest BCUT2D eigenvalue weighted by Gasteiger charge is -2.26. The van der Waals surface area contributed by atoms with Crippen molar-refractivity contribution in [2.45, 2.75) is 0 Å². The fraction of sp³-hybridized carbons (Fsp3) is 0.286. The Morgan fingerprint density at radius 2 is 1.50 bits per heavy atom. The number of morpholine rings is 1. The van der Waals surface area contributed by atoms with E-state index in [2.05, 4.69) is 30.5 Å². The molecule has 4 rings (SSSR count). The number of aromatic nitrogens is 3. The van der Waals surface area contributed by atoms with Crippen LogP contribution in [0.5, 0.6) is 0 Å². The number of ether oxygens (including phenoxy) is 1. The van der Waals surface area contributed by atoms with Gasteiger partial charge in [-0.1, -0.05) is 48.5 Å². The summed E-state index contributed by atoms with van der Waals surface area (Å²) < 4.78 is 5.40. The smallest absolute Gasteiger partial charge is 0.232 e. The van der Waals surface area contributed by atoms with Crippen molar-refractivity contribution in [1.82, 2.24) is 19.9 Å². The Bertz CT molecular complexity index is 869. The van der Waals surface area contributed by atoms with Crippen LogP contribution in [0.3, 0.4) is 0 Å². The minimum Gasteiger partial charge on any atom is -0.379 e. The number of anilines is 3. The highest BCUT2D eigenvalue weighted by Crippen LogP contribution is 2.19. The van der Waals surface area contributed by atoms with Crippen molar-refractivity contribution in [3.05, 3.63) is 60.7 Å². The van der Waals surface area contributed by atoms with Crippen LogP contribution >= 0.6 is 0 Å². The van der Waals surface area contributed by atoms with Crippen LogP contribution < -0.4 is 10.6 Å². The van der Waals surface area contributed by atoms with Crippen molar-refractivity contribution in [3.63, 3.8) is 0 Å². The van der Waals surface area contributed by atoms with Gasteiger partial charge in [0.1, 0.15) is 0 Å². The zero-order valence-electron chi connectivity index (χ0n) is 15.7. The molecular formula is C21H24N6O. The van der Waals surface area contributed by atoms with Crippen molar-refractivity contribution in [3.8, 4) is 11.4 Å². The Morgan fingerprint density at radius 1 is 0.821 bits per heavy atom. The molecule has 0 saturated carbocycles. The number of hydrogen-bond donors (Lipinski definition) is 2. The lowest BCUT2D eigenvalue weighted by molar-refractivity contribution is 0.0398. The van der Waals surface area contributed by atoms with Gasteiger partial charge in [-0.25, -0.2) is 0 Å². The highest BCUT2D eigenvalue weighted by Gasteiger charge is 2.11. The third-order valence-corrected chi connectivity index (χ3v) is 4.51. The SMILES string of the molecule is c1ccc(Nc2nc(NCCN3CCOCC3)nc(-c3ccccc3)n2)cc1. The van der Waals surface area contributed by atoms with E-state index < -0.39 is 0 Å². The van der Waals surface area contributed by atoms with Crippen LogP contribution in [-0.2, 0) is 4.74 Å². The van der Waals surface area contributed by atoms with Crippen LogP contribution in [0.15, 0.2) is 60.7 Å². The van der Waals surface area contributed by atoms with Crippen molar-refractivity contribution in [1.29, 1.82) is 0 Å². The summed E-state index contributed by atoms with van der Waals surface area (Å²) in [6.45, 7) is 5.23. The maximum Gasteiger partial charge on any atom is 0.232 e. The predicted molar refractivity (Wildman–Crippen MR) is 111 cm³/mol. The first-order chi connectivity index (χ1) is 13.9. The summed E-state index contributed by atoms with van der Waals surface area (Å²) in [5, 5.41) is 6.61. The lowest BCUT2D eigenvalue weighted by Crippen LogP contribution is -2.39. The van der Waals surface area contributed by atoms with Gasteiger partial charge in [-0.15, -0.1) is 0 Å². The minimum atomic E-state index is 0.522. The van der Waals surface area contributed by atoms with Crippen molar-refractivity contribution < 1.29 is 4.74 Å². The fourth-order valence-electron chi connectivity index (χ4n) is 3.03. The van der Waals surface area contributed by atoms with Crippen molar-refractivity contribution in [2.75, 3.05) is 50.0 Å². The molecule has 2 aromatic carbocycles. The number of rotatable bonds is 7. The Kier molecular flexibility index (Phi) is 6.06. The first-order valence-corrected chi connectivity index (χ1v) is 9.54. The molecule has 28 heavy (non-hydrogen) atoms. The predicted octanol–water partition coefficient (Wildman–Crippen LogP) is 3.03. The van der Waals surface area contributed by atoms with E-state index in [1.165, 1.54) is 0 Å². The topological polar surface area (TPSA) is 75.2 Å². The summed E-state index contributed by atoms with van der Waals surface area (Å²) in [4.78, 5) is 16.1. The van der Waals surface area contributed by atoms with Crippen LogP contribution in [0.1, 0.15) is 0 Å². The van der Waals surface area contributed by atoms with Crippen LogP contribution in [0.25, 0.3) is 11.4 Å². The molecule has 0 radical (unpaired) electrons. The Balaban J connectivity index is 1.51. The average Bonchev–Trinajstić information content (AvgIpc) is 2.76. The molecule has 2 N–H and O–H groups in total. The maximum absolute atomic E-state index is 5.40. The molecule has 1 aliphatic heterocycles. The summed E-state index contributed by atoms with van der Waals surface area (Å²) in [6, 6.07) is 19.8. The fourth-order valence-corrected chi connectivity index (χ4v) is 3.03. The van der Waals surface area contributed by atoms with Crippen LogP contribution in [-0.4, -0.2) is 59.2 Å². The molecule has 1 aromatic heterocycles. The van der Waals surface area contributed by atoms with Gasteiger partial charge in [0.15, 0.2) is 5.82 Å². The molecule has 0 aliphatic carbocycles. The average molecular weight is 376 g/mol. The molecule has 1 fully saturated rings. The van der Waals surface area contributed by atoms with E-state index in [-0.39, 0.29) is 0 Å². The van der Waals surface area contributed by atoms with Crippen LogP contribution in [0.2, 0.25) is 0 Å². The highest BCUT2D eigenvalue weighted by atomic mass is 16.5. The summed E-state index contributed by atoms with van der Waals surface area (Å²) in [5.41, 5.74) is 1.89. The van der Waals surface area contributed by atoms with Gasteiger partial charge in [0, 0.05) is 37.4 Å². The second kappa shape index (κ2) is 9.25. The second-order valence-corrected chi connectivity index (χ2v) is 6.54. The van der Waals surface area contributed by atoms with Gasteiger partial charge in [0.25, 0.3) is 0 Å². The summed E-state index contributed by atoms with van der Waals surface area (Å²) >= 11 is 0. The molecule has 2 heterocycles. The van der Waals surface area contributed by atoms with E-state index in [0.717, 1.165) is 50.6 Å². The number of nitrogens with zero attached hydrogens (tertiary/aromatic N) is 4. The third-order valence-electron chi connectivity index (χ3n) is 4.51. The highest BCUT2D eigenvalue weighted by molar-refractivity contribution is 5.60. The summed E-state index contributed by atoms with van der Waals surface area (Å²) in [6.07, 6.45) is 0. The molecule has 0 amide bonds. The minimum absolute atomic E-state index is 0.522. The number of para-hydroxylation sites is 1. The molecule has 0 bridgehead atoms. The first-order valence-electron chi connectivity index (χ1n) is 9.54. The van der Waals surface area contributed by atoms with Gasteiger partial charge in [-0.3, -0.25) is 4.90 Å². The van der Waals surface area contributed by atoms with Crippen LogP contribution in [0.4, 0.5) is 17.6 Å². The molecular weight excluding hydrogens is 352 g/mol. The lowest BCUT2D eigenvalue weighted by atomic mass is 10.2. The monoisotopic (exact) mass is 376 g/mol. The van der Waals surface area contributed by atoms with E-state index in [1.807, 2.05) is 60.7 Å². The van der Waals surface area contributed by atoms with E-state index in [4.69, 9.17) is 4.74 Å². The first kappa shape index (κ1) is 18.3. The van der Waals surface area contributed by atoms with Gasteiger partial charge >= 0.3 is 0 Å². The Labute approximate surface area is 164 Å². The summed E-state index contributed by atoms with van der Waals surface area (Å²) in [5.74, 6) is 1.73. The third kappa shape index (κ3) is 5.03. The van der Waals surface area contributed by atoms with Crippen molar-refractivity contribution in [2.24, 2.45) is 0 Å². The van der Waals surface area contributed by atoms with Gasteiger partial charge in [0.2, 0.25) is 11.9 Å². The van der Waals surface area contributed by atoms with Gasteiger partial charge < -0.3 is 15.4 Å². The molecule has 1 saturated heterocycles. The Morgan fingerprint density at radius 3 is 2.25 bits per heavy atom. The molecule has 1 aliphatic rings. The van der Waals surface area contributed by atoms with E-state index in [1.54, 1.807) is 0 Å². The molecule has 7 nitrogen and oxygen atoms in total. The standard InChI is InChI=1S/C21H24N6O/c1-3-7-17(8-4-1)19-24-20(22-11-12-27-13-15-28-16-14-27)26-21(25-19)23-18-9-5-2-6-10-18/h1-10H,11-16H2,(H2,22,23,24,25,26). The molecule has 7 heteroatoms. The number of nitrogens with one attached hydrogen (secondary N) is 2. The number of hydrogen-bond acceptors (Lipinski definition) is 7. The molecule has 3 aromatic rings. The quantitative estimate of drug-likeness (QED) is 0.656. The van der Waals surface area contributed by atoms with E-state index >= 15 is 0 Å². The molecule has 0 unspecified atom stereocenters. The van der Waals surface area contributed by atoms with Crippen molar-refractivity contribution >= 4 is 17.6 Å². The molecule has 0 atom stereocenters. The van der Waals surface area contributed by atoms with Gasteiger partial charge in [-0.05, 0) is 12.1 Å². The molecule has 144 valence electrons. The van der Waals surface area contributed by atoms with E-state index in [9.17, 15) is 0 Å².